The Morgan fingerprint density at radius 1 is 1.35 bits per heavy atom. The number of nitrogens with one attached hydrogen (secondary N) is 1. The summed E-state index contributed by atoms with van der Waals surface area (Å²) in [6.45, 7) is 10.0. The van der Waals surface area contributed by atoms with Crippen LogP contribution >= 0.6 is 0 Å². The molecule has 4 heteroatoms. The van der Waals surface area contributed by atoms with Crippen molar-refractivity contribution in [3.8, 4) is 0 Å². The van der Waals surface area contributed by atoms with Gasteiger partial charge >= 0.3 is 0 Å². The average Bonchev–Trinajstić information content (AvgIpc) is 2.99. The molecule has 2 rings (SSSR count). The van der Waals surface area contributed by atoms with E-state index in [1.165, 1.54) is 18.4 Å². The lowest BCUT2D eigenvalue weighted by Crippen LogP contribution is -2.52. The predicted molar refractivity (Wildman–Crippen MR) is 95.3 cm³/mol. The third kappa shape index (κ3) is 5.33. The van der Waals surface area contributed by atoms with Crippen molar-refractivity contribution in [2.45, 2.75) is 52.1 Å². The van der Waals surface area contributed by atoms with E-state index in [1.807, 2.05) is 25.1 Å². The number of amides is 1. The van der Waals surface area contributed by atoms with Crippen LogP contribution < -0.4 is 11.1 Å². The Morgan fingerprint density at radius 3 is 2.65 bits per heavy atom. The summed E-state index contributed by atoms with van der Waals surface area (Å²) in [6.07, 6.45) is 3.44. The highest BCUT2D eigenvalue weighted by Crippen LogP contribution is 2.17. The van der Waals surface area contributed by atoms with Crippen LogP contribution in [0.2, 0.25) is 0 Å². The van der Waals surface area contributed by atoms with Gasteiger partial charge in [-0.3, -0.25) is 9.69 Å². The molecule has 1 atom stereocenters. The van der Waals surface area contributed by atoms with Gasteiger partial charge in [-0.25, -0.2) is 0 Å². The Kier molecular flexibility index (Phi) is 6.19. The molecule has 23 heavy (non-hydrogen) atoms. The van der Waals surface area contributed by atoms with Crippen molar-refractivity contribution in [2.24, 2.45) is 11.7 Å². The molecular formula is C19H31N3O. The van der Waals surface area contributed by atoms with E-state index >= 15 is 0 Å². The summed E-state index contributed by atoms with van der Waals surface area (Å²) < 4.78 is 0. The number of carbonyl (C=O) groups is 1. The van der Waals surface area contributed by atoms with Crippen molar-refractivity contribution in [1.82, 2.24) is 10.2 Å². The Balaban J connectivity index is 2.03. The summed E-state index contributed by atoms with van der Waals surface area (Å²) in [5.41, 5.74) is 7.48. The van der Waals surface area contributed by atoms with Gasteiger partial charge in [0.2, 0.25) is 0 Å². The molecule has 128 valence electrons. The molecule has 1 fully saturated rings. The number of likely N-dealkylation sites (tertiary alicyclic amines) is 1. The Hall–Kier alpha value is -1.39. The molecule has 1 heterocycles. The van der Waals surface area contributed by atoms with E-state index in [0.29, 0.717) is 12.5 Å². The summed E-state index contributed by atoms with van der Waals surface area (Å²) in [4.78, 5) is 15.1. The lowest BCUT2D eigenvalue weighted by Gasteiger charge is -2.31. The molecule has 0 spiro atoms. The number of rotatable bonds is 7. The van der Waals surface area contributed by atoms with Crippen LogP contribution in [0.4, 0.5) is 0 Å². The SMILES string of the molecule is CC(C)CC(C)(CN)NC(=O)c1cccc(CN2CCCC2)c1. The summed E-state index contributed by atoms with van der Waals surface area (Å²) >= 11 is 0. The highest BCUT2D eigenvalue weighted by molar-refractivity contribution is 5.94. The Bertz CT molecular complexity index is 523. The van der Waals surface area contributed by atoms with Gasteiger partial charge in [0.25, 0.3) is 5.91 Å². The molecule has 1 amide bonds. The lowest BCUT2D eigenvalue weighted by atomic mass is 9.90. The number of hydrogen-bond acceptors (Lipinski definition) is 3. The molecule has 0 aromatic heterocycles. The first kappa shape index (κ1) is 18.0. The maximum atomic E-state index is 12.6. The molecule has 1 saturated heterocycles. The van der Waals surface area contributed by atoms with Crippen molar-refractivity contribution in [2.75, 3.05) is 19.6 Å². The van der Waals surface area contributed by atoms with Gasteiger partial charge < -0.3 is 11.1 Å². The molecule has 0 aliphatic carbocycles. The summed E-state index contributed by atoms with van der Waals surface area (Å²) in [7, 11) is 0. The minimum Gasteiger partial charge on any atom is -0.346 e. The summed E-state index contributed by atoms with van der Waals surface area (Å²) in [5, 5.41) is 3.13. The molecule has 3 N–H and O–H groups in total. The molecule has 0 radical (unpaired) electrons. The number of nitrogens with zero attached hydrogens (tertiary/aromatic N) is 1. The van der Waals surface area contributed by atoms with Crippen molar-refractivity contribution >= 4 is 5.91 Å². The zero-order chi connectivity index (χ0) is 16.9. The highest BCUT2D eigenvalue weighted by Gasteiger charge is 2.26. The van der Waals surface area contributed by atoms with Crippen LogP contribution in [0.15, 0.2) is 24.3 Å². The fraction of sp³-hybridized carbons (Fsp3) is 0.632. The van der Waals surface area contributed by atoms with E-state index in [2.05, 4.69) is 30.1 Å². The van der Waals surface area contributed by atoms with Crippen LogP contribution in [0.3, 0.4) is 0 Å². The predicted octanol–water partition coefficient (Wildman–Crippen LogP) is 2.78. The van der Waals surface area contributed by atoms with Gasteiger partial charge in [0.1, 0.15) is 0 Å². The van der Waals surface area contributed by atoms with E-state index in [1.54, 1.807) is 0 Å². The van der Waals surface area contributed by atoms with E-state index in [9.17, 15) is 4.79 Å². The summed E-state index contributed by atoms with van der Waals surface area (Å²) in [5.74, 6) is 0.465. The van der Waals surface area contributed by atoms with Gasteiger partial charge in [-0.15, -0.1) is 0 Å². The van der Waals surface area contributed by atoms with Crippen LogP contribution in [-0.2, 0) is 6.54 Å². The maximum absolute atomic E-state index is 12.6. The summed E-state index contributed by atoms with van der Waals surface area (Å²) in [6, 6.07) is 7.98. The average molecular weight is 317 g/mol. The van der Waals surface area contributed by atoms with E-state index in [4.69, 9.17) is 5.73 Å². The van der Waals surface area contributed by atoms with Crippen molar-refractivity contribution in [3.63, 3.8) is 0 Å². The third-order valence-corrected chi connectivity index (χ3v) is 4.52. The quantitative estimate of drug-likeness (QED) is 0.813. The van der Waals surface area contributed by atoms with Gasteiger partial charge in [-0.1, -0.05) is 26.0 Å². The standard InChI is InChI=1S/C19H31N3O/c1-15(2)12-19(3,14-20)21-18(23)17-8-6-7-16(11-17)13-22-9-4-5-10-22/h6-8,11,15H,4-5,9-10,12-14,20H2,1-3H3,(H,21,23). The molecule has 1 aliphatic heterocycles. The Morgan fingerprint density at radius 2 is 2.04 bits per heavy atom. The molecule has 1 aliphatic rings. The van der Waals surface area contributed by atoms with Gasteiger partial charge in [-0.2, -0.15) is 0 Å². The van der Waals surface area contributed by atoms with Gasteiger partial charge in [0.05, 0.1) is 0 Å². The fourth-order valence-electron chi connectivity index (χ4n) is 3.44. The molecule has 1 aromatic carbocycles. The van der Waals surface area contributed by atoms with Crippen molar-refractivity contribution in [1.29, 1.82) is 0 Å². The van der Waals surface area contributed by atoms with Crippen molar-refractivity contribution < 1.29 is 4.79 Å². The molecule has 0 saturated carbocycles. The minimum absolute atomic E-state index is 0.0260. The third-order valence-electron chi connectivity index (χ3n) is 4.52. The van der Waals surface area contributed by atoms with Gasteiger partial charge in [0, 0.05) is 24.2 Å². The van der Waals surface area contributed by atoms with Crippen molar-refractivity contribution in [3.05, 3.63) is 35.4 Å². The number of benzene rings is 1. The largest absolute Gasteiger partial charge is 0.346 e. The second-order valence-corrected chi connectivity index (χ2v) is 7.50. The molecule has 1 unspecified atom stereocenters. The number of carbonyl (C=O) groups excluding carboxylic acids is 1. The monoisotopic (exact) mass is 317 g/mol. The maximum Gasteiger partial charge on any atom is 0.251 e. The second kappa shape index (κ2) is 7.93. The highest BCUT2D eigenvalue weighted by atomic mass is 16.1. The van der Waals surface area contributed by atoms with Gasteiger partial charge in [0.15, 0.2) is 0 Å². The van der Waals surface area contributed by atoms with E-state index in [0.717, 1.165) is 31.6 Å². The van der Waals surface area contributed by atoms with Crippen LogP contribution in [-0.4, -0.2) is 36.0 Å². The molecule has 0 bridgehead atoms. The molecule has 4 nitrogen and oxygen atoms in total. The first-order valence-electron chi connectivity index (χ1n) is 8.76. The van der Waals surface area contributed by atoms with Crippen LogP contribution in [0, 0.1) is 5.92 Å². The number of hydrogen-bond donors (Lipinski definition) is 2. The topological polar surface area (TPSA) is 58.4 Å². The van der Waals surface area contributed by atoms with Crippen LogP contribution in [0.25, 0.3) is 0 Å². The van der Waals surface area contributed by atoms with Crippen LogP contribution in [0.1, 0.15) is 56.0 Å². The molecule has 1 aromatic rings. The minimum atomic E-state index is -0.351. The first-order chi connectivity index (χ1) is 10.9. The van der Waals surface area contributed by atoms with E-state index < -0.39 is 0 Å². The zero-order valence-corrected chi connectivity index (χ0v) is 14.8. The van der Waals surface area contributed by atoms with Crippen LogP contribution in [0.5, 0.6) is 0 Å². The Labute approximate surface area is 140 Å². The molecular weight excluding hydrogens is 286 g/mol. The van der Waals surface area contributed by atoms with E-state index in [-0.39, 0.29) is 11.4 Å². The second-order valence-electron chi connectivity index (χ2n) is 7.50. The zero-order valence-electron chi connectivity index (χ0n) is 14.8. The smallest absolute Gasteiger partial charge is 0.251 e. The fourth-order valence-corrected chi connectivity index (χ4v) is 3.44. The normalized spacial score (nSPS) is 18.1. The number of nitrogens with two attached hydrogens (primary N) is 1. The first-order valence-corrected chi connectivity index (χ1v) is 8.76. The van der Waals surface area contributed by atoms with Gasteiger partial charge in [-0.05, 0) is 62.9 Å². The lowest BCUT2D eigenvalue weighted by molar-refractivity contribution is 0.0898.